The number of fused-ring (bicyclic) bond motifs is 1. The van der Waals surface area contributed by atoms with Crippen LogP contribution in [0.3, 0.4) is 0 Å². The minimum absolute atomic E-state index is 0.0563. The van der Waals surface area contributed by atoms with Gasteiger partial charge in [0, 0.05) is 29.6 Å². The molecule has 0 spiro atoms. The van der Waals surface area contributed by atoms with Gasteiger partial charge in [-0.3, -0.25) is 14.4 Å². The zero-order valence-corrected chi connectivity index (χ0v) is 20.4. The summed E-state index contributed by atoms with van der Waals surface area (Å²) >= 11 is 0. The van der Waals surface area contributed by atoms with E-state index in [1.54, 1.807) is 12.1 Å². The first-order chi connectivity index (χ1) is 17.7. The smallest absolute Gasteiger partial charge is 0.244 e. The first-order valence-electron chi connectivity index (χ1n) is 11.4. The van der Waals surface area contributed by atoms with Crippen molar-refractivity contribution < 1.29 is 27.8 Å². The highest BCUT2D eigenvalue weighted by atomic mass is 19.2. The molecule has 7 nitrogen and oxygen atoms in total. The van der Waals surface area contributed by atoms with Crippen molar-refractivity contribution in [3.63, 3.8) is 0 Å². The SMILES string of the molecule is CCc1ccc(C(=O)c2cn(CC(=O)Nc3ccc(F)c(F)c3)c3cc(OC)c(OC)cc3c2=O)cc1. The molecule has 190 valence electrons. The predicted molar refractivity (Wildman–Crippen MR) is 136 cm³/mol. The van der Waals surface area contributed by atoms with Crippen LogP contribution in [0, 0.1) is 11.6 Å². The van der Waals surface area contributed by atoms with E-state index in [-0.39, 0.29) is 28.9 Å². The van der Waals surface area contributed by atoms with Gasteiger partial charge in [-0.1, -0.05) is 31.2 Å². The quantitative estimate of drug-likeness (QED) is 0.349. The first-order valence-corrected chi connectivity index (χ1v) is 11.4. The van der Waals surface area contributed by atoms with E-state index < -0.39 is 28.8 Å². The number of ketones is 1. The third-order valence-electron chi connectivity index (χ3n) is 5.97. The highest BCUT2D eigenvalue weighted by Gasteiger charge is 2.20. The van der Waals surface area contributed by atoms with E-state index in [2.05, 4.69) is 5.32 Å². The number of hydrogen-bond donors (Lipinski definition) is 1. The van der Waals surface area contributed by atoms with Gasteiger partial charge in [0.05, 0.1) is 30.7 Å². The molecule has 0 fully saturated rings. The van der Waals surface area contributed by atoms with Crippen molar-refractivity contribution in [3.05, 3.63) is 99.3 Å². The van der Waals surface area contributed by atoms with Gasteiger partial charge in [-0.05, 0) is 30.2 Å². The molecule has 0 aliphatic carbocycles. The van der Waals surface area contributed by atoms with E-state index in [1.165, 1.54) is 43.2 Å². The zero-order valence-electron chi connectivity index (χ0n) is 20.4. The highest BCUT2D eigenvalue weighted by molar-refractivity contribution is 6.10. The Balaban J connectivity index is 1.81. The van der Waals surface area contributed by atoms with Gasteiger partial charge < -0.3 is 19.4 Å². The molecule has 1 amide bonds. The van der Waals surface area contributed by atoms with Gasteiger partial charge in [0.2, 0.25) is 11.3 Å². The minimum Gasteiger partial charge on any atom is -0.493 e. The van der Waals surface area contributed by atoms with E-state index in [1.807, 2.05) is 19.1 Å². The third kappa shape index (κ3) is 5.20. The van der Waals surface area contributed by atoms with Crippen LogP contribution in [-0.4, -0.2) is 30.5 Å². The number of anilines is 1. The average Bonchev–Trinajstić information content (AvgIpc) is 2.91. The number of carbonyl (C=O) groups is 2. The number of hydrogen-bond acceptors (Lipinski definition) is 5. The lowest BCUT2D eigenvalue weighted by atomic mass is 10.0. The summed E-state index contributed by atoms with van der Waals surface area (Å²) in [4.78, 5) is 39.6. The maximum absolute atomic E-state index is 13.6. The Hall–Kier alpha value is -4.53. The number of carbonyl (C=O) groups excluding carboxylic acids is 2. The zero-order chi connectivity index (χ0) is 26.7. The van der Waals surface area contributed by atoms with Gasteiger partial charge in [-0.15, -0.1) is 0 Å². The molecule has 1 heterocycles. The number of nitrogens with zero attached hydrogens (tertiary/aromatic N) is 1. The molecule has 9 heteroatoms. The van der Waals surface area contributed by atoms with E-state index in [9.17, 15) is 23.2 Å². The summed E-state index contributed by atoms with van der Waals surface area (Å²) in [5.41, 5.74) is 1.08. The van der Waals surface area contributed by atoms with Gasteiger partial charge in [-0.25, -0.2) is 8.78 Å². The van der Waals surface area contributed by atoms with Gasteiger partial charge in [-0.2, -0.15) is 0 Å². The Morgan fingerprint density at radius 3 is 2.22 bits per heavy atom. The number of ether oxygens (including phenoxy) is 2. The summed E-state index contributed by atoms with van der Waals surface area (Å²) in [6.07, 6.45) is 2.11. The topological polar surface area (TPSA) is 86.6 Å². The highest BCUT2D eigenvalue weighted by Crippen LogP contribution is 2.31. The number of aromatic nitrogens is 1. The molecule has 37 heavy (non-hydrogen) atoms. The van der Waals surface area contributed by atoms with Crippen molar-refractivity contribution in [1.82, 2.24) is 4.57 Å². The molecule has 1 aromatic heterocycles. The Bertz CT molecular complexity index is 1560. The Morgan fingerprint density at radius 2 is 1.59 bits per heavy atom. The standard InChI is InChI=1S/C28H24F2N2O5/c1-4-16-5-7-17(8-6-16)27(34)20-14-32(15-26(33)31-18-9-10-21(29)22(30)11-18)23-13-25(37-3)24(36-2)12-19(23)28(20)35/h5-14H,4,15H2,1-3H3,(H,31,33). The second kappa shape index (κ2) is 10.6. The molecular weight excluding hydrogens is 482 g/mol. The van der Waals surface area contributed by atoms with Crippen LogP contribution in [0.15, 0.2) is 65.6 Å². The molecule has 4 aromatic rings. The molecular formula is C28H24F2N2O5. The van der Waals surface area contributed by atoms with Crippen LogP contribution < -0.4 is 20.2 Å². The molecule has 0 saturated carbocycles. The monoisotopic (exact) mass is 506 g/mol. The van der Waals surface area contributed by atoms with Crippen LogP contribution in [0.25, 0.3) is 10.9 Å². The van der Waals surface area contributed by atoms with E-state index in [0.717, 1.165) is 24.1 Å². The molecule has 0 aliphatic heterocycles. The summed E-state index contributed by atoms with van der Waals surface area (Å²) in [5.74, 6) is -2.64. The number of amides is 1. The average molecular weight is 507 g/mol. The van der Waals surface area contributed by atoms with Gasteiger partial charge >= 0.3 is 0 Å². The number of rotatable bonds is 8. The van der Waals surface area contributed by atoms with E-state index >= 15 is 0 Å². The molecule has 0 atom stereocenters. The summed E-state index contributed by atoms with van der Waals surface area (Å²) in [6, 6.07) is 12.9. The van der Waals surface area contributed by atoms with Crippen LogP contribution in [0.1, 0.15) is 28.4 Å². The van der Waals surface area contributed by atoms with Crippen molar-refractivity contribution in [2.75, 3.05) is 19.5 Å². The van der Waals surface area contributed by atoms with Crippen molar-refractivity contribution in [1.29, 1.82) is 0 Å². The molecule has 3 aromatic carbocycles. The number of benzene rings is 3. The molecule has 1 N–H and O–H groups in total. The Labute approximate surface area is 211 Å². The molecule has 4 rings (SSSR count). The van der Waals surface area contributed by atoms with Gasteiger partial charge in [0.15, 0.2) is 28.9 Å². The fraction of sp³-hybridized carbons (Fsp3) is 0.179. The lowest BCUT2D eigenvalue weighted by molar-refractivity contribution is -0.116. The van der Waals surface area contributed by atoms with Gasteiger partial charge in [0.1, 0.15) is 6.54 Å². The molecule has 0 bridgehead atoms. The Kier molecular flexibility index (Phi) is 7.33. The number of nitrogens with one attached hydrogen (secondary N) is 1. The predicted octanol–water partition coefficient (Wildman–Crippen LogP) is 4.73. The summed E-state index contributed by atoms with van der Waals surface area (Å²) in [6.45, 7) is 1.66. The second-order valence-corrected chi connectivity index (χ2v) is 8.28. The van der Waals surface area contributed by atoms with Crippen molar-refractivity contribution in [2.45, 2.75) is 19.9 Å². The lowest BCUT2D eigenvalue weighted by Crippen LogP contribution is -2.24. The van der Waals surface area contributed by atoms with Crippen molar-refractivity contribution in [2.24, 2.45) is 0 Å². The summed E-state index contributed by atoms with van der Waals surface area (Å²) < 4.78 is 38.9. The van der Waals surface area contributed by atoms with Crippen LogP contribution in [0.4, 0.5) is 14.5 Å². The molecule has 0 unspecified atom stereocenters. The van der Waals surface area contributed by atoms with Crippen molar-refractivity contribution in [3.8, 4) is 11.5 Å². The second-order valence-electron chi connectivity index (χ2n) is 8.28. The van der Waals surface area contributed by atoms with Gasteiger partial charge in [0.25, 0.3) is 0 Å². The maximum atomic E-state index is 13.6. The fourth-order valence-corrected chi connectivity index (χ4v) is 3.99. The number of halogens is 2. The fourth-order valence-electron chi connectivity index (χ4n) is 3.99. The summed E-state index contributed by atoms with van der Waals surface area (Å²) in [5, 5.41) is 2.64. The normalized spacial score (nSPS) is 10.8. The molecule has 0 aliphatic rings. The van der Waals surface area contributed by atoms with Crippen LogP contribution >= 0.6 is 0 Å². The first kappa shape index (κ1) is 25.6. The molecule has 0 saturated heterocycles. The van der Waals surface area contributed by atoms with E-state index in [0.29, 0.717) is 16.8 Å². The largest absolute Gasteiger partial charge is 0.493 e. The molecule has 0 radical (unpaired) electrons. The van der Waals surface area contributed by atoms with Crippen LogP contribution in [-0.2, 0) is 17.8 Å². The summed E-state index contributed by atoms with van der Waals surface area (Å²) in [7, 11) is 2.85. The number of aryl methyl sites for hydroxylation is 1. The van der Waals surface area contributed by atoms with Crippen LogP contribution in [0.5, 0.6) is 11.5 Å². The van der Waals surface area contributed by atoms with Crippen LogP contribution in [0.2, 0.25) is 0 Å². The number of methoxy groups -OCH3 is 2. The number of pyridine rings is 1. The van der Waals surface area contributed by atoms with E-state index in [4.69, 9.17) is 9.47 Å². The maximum Gasteiger partial charge on any atom is 0.244 e. The van der Waals surface area contributed by atoms with Crippen molar-refractivity contribution >= 4 is 28.3 Å². The lowest BCUT2D eigenvalue weighted by Gasteiger charge is -2.16. The third-order valence-corrected chi connectivity index (χ3v) is 5.97. The minimum atomic E-state index is -1.11. The Morgan fingerprint density at radius 1 is 0.919 bits per heavy atom.